The van der Waals surface area contributed by atoms with E-state index in [2.05, 4.69) is 67.2 Å². The first-order chi connectivity index (χ1) is 11.7. The first-order valence-electron chi connectivity index (χ1n) is 8.41. The predicted molar refractivity (Wildman–Crippen MR) is 119 cm³/mol. The highest BCUT2D eigenvalue weighted by Gasteiger charge is 2.28. The number of nitrogens with one attached hydrogen (secondary N) is 1. The third-order valence-electron chi connectivity index (χ3n) is 4.47. The van der Waals surface area contributed by atoms with Crippen LogP contribution >= 0.6 is 51.2 Å². The number of guanidine groups is 1. The molecule has 3 rings (SSSR count). The van der Waals surface area contributed by atoms with Gasteiger partial charge >= 0.3 is 0 Å². The number of nitrogens with zero attached hydrogens (tertiary/aromatic N) is 4. The van der Waals surface area contributed by atoms with E-state index < -0.39 is 0 Å². The van der Waals surface area contributed by atoms with Crippen LogP contribution in [0.1, 0.15) is 31.2 Å². The Kier molecular flexibility index (Phi) is 8.21. The second kappa shape index (κ2) is 9.91. The number of halogens is 2. The average molecular weight is 538 g/mol. The fourth-order valence-corrected chi connectivity index (χ4v) is 4.48. The number of imidazole rings is 1. The number of aliphatic imine (C=N–C) groups is 1. The van der Waals surface area contributed by atoms with Gasteiger partial charge in [-0.3, -0.25) is 0 Å². The molecule has 1 aliphatic rings. The van der Waals surface area contributed by atoms with Gasteiger partial charge in [0.1, 0.15) is 0 Å². The molecule has 5 nitrogen and oxygen atoms in total. The van der Waals surface area contributed by atoms with Crippen molar-refractivity contribution in [2.45, 2.75) is 32.9 Å². The van der Waals surface area contributed by atoms with Crippen LogP contribution in [0.25, 0.3) is 0 Å². The van der Waals surface area contributed by atoms with Gasteiger partial charge in [-0.1, -0.05) is 6.92 Å². The molecule has 0 radical (unpaired) electrons. The van der Waals surface area contributed by atoms with Crippen molar-refractivity contribution in [3.63, 3.8) is 0 Å². The summed E-state index contributed by atoms with van der Waals surface area (Å²) in [5.41, 5.74) is 0. The van der Waals surface area contributed by atoms with Gasteiger partial charge in [0.05, 0.1) is 18.9 Å². The highest BCUT2D eigenvalue weighted by molar-refractivity contribution is 14.0. The van der Waals surface area contributed by atoms with E-state index >= 15 is 0 Å². The minimum absolute atomic E-state index is 0. The van der Waals surface area contributed by atoms with Crippen LogP contribution in [0.15, 0.2) is 39.6 Å². The second-order valence-corrected chi connectivity index (χ2v) is 8.10. The Morgan fingerprint density at radius 1 is 1.52 bits per heavy atom. The molecule has 2 aromatic heterocycles. The van der Waals surface area contributed by atoms with E-state index in [9.17, 15) is 0 Å². The van der Waals surface area contributed by atoms with E-state index in [0.717, 1.165) is 43.0 Å². The van der Waals surface area contributed by atoms with Crippen LogP contribution in [0.3, 0.4) is 0 Å². The van der Waals surface area contributed by atoms with Crippen molar-refractivity contribution in [3.8, 4) is 0 Å². The standard InChI is InChI=1S/C17H24BrN5S.HI/c1-3-20-17(21-9-15-8-14(18)11-24-15)22-6-4-13(2)16(10-22)23-7-5-19-12-23;/h5,7-8,11-13,16H,3-4,6,9-10H2,1-2H3,(H,20,21);1H. The normalized spacial score (nSPS) is 21.1. The summed E-state index contributed by atoms with van der Waals surface area (Å²) in [7, 11) is 0. The maximum absolute atomic E-state index is 4.86. The zero-order valence-corrected chi connectivity index (χ0v) is 19.3. The Balaban J connectivity index is 0.00000225. The first-order valence-corrected chi connectivity index (χ1v) is 10.1. The minimum Gasteiger partial charge on any atom is -0.357 e. The molecule has 2 unspecified atom stereocenters. The summed E-state index contributed by atoms with van der Waals surface area (Å²) in [6.07, 6.45) is 7.02. The molecule has 8 heteroatoms. The molecule has 0 spiro atoms. The van der Waals surface area contributed by atoms with Gasteiger partial charge in [-0.25, -0.2) is 9.98 Å². The predicted octanol–water partition coefficient (Wildman–Crippen LogP) is 4.37. The molecule has 0 bridgehead atoms. The highest BCUT2D eigenvalue weighted by atomic mass is 127. The smallest absolute Gasteiger partial charge is 0.194 e. The lowest BCUT2D eigenvalue weighted by Crippen LogP contribution is -2.49. The number of aromatic nitrogens is 2. The van der Waals surface area contributed by atoms with Crippen molar-refractivity contribution in [1.82, 2.24) is 19.8 Å². The Morgan fingerprint density at radius 2 is 2.36 bits per heavy atom. The van der Waals surface area contributed by atoms with Crippen LogP contribution in [-0.2, 0) is 6.54 Å². The number of likely N-dealkylation sites (tertiary alicyclic amines) is 1. The van der Waals surface area contributed by atoms with Gasteiger partial charge in [0.25, 0.3) is 0 Å². The number of hydrogen-bond acceptors (Lipinski definition) is 3. The van der Waals surface area contributed by atoms with Crippen LogP contribution in [-0.4, -0.2) is 40.0 Å². The summed E-state index contributed by atoms with van der Waals surface area (Å²) in [6.45, 7) is 8.07. The Bertz CT molecular complexity index is 672. The first kappa shape index (κ1) is 20.7. The van der Waals surface area contributed by atoms with Crippen LogP contribution in [0.2, 0.25) is 0 Å². The lowest BCUT2D eigenvalue weighted by Gasteiger charge is -2.39. The summed E-state index contributed by atoms with van der Waals surface area (Å²) in [4.78, 5) is 12.7. The minimum atomic E-state index is 0. The van der Waals surface area contributed by atoms with Gasteiger partial charge in [-0.05, 0) is 41.3 Å². The molecule has 25 heavy (non-hydrogen) atoms. The van der Waals surface area contributed by atoms with Gasteiger partial charge in [0.2, 0.25) is 0 Å². The molecule has 1 aliphatic heterocycles. The quantitative estimate of drug-likeness (QED) is 0.358. The third kappa shape index (κ3) is 5.43. The number of thiophene rings is 1. The van der Waals surface area contributed by atoms with Gasteiger partial charge < -0.3 is 14.8 Å². The SMILES string of the molecule is CCNC(=NCc1cc(Br)cs1)N1CCC(C)C(n2ccnc2)C1.I. The van der Waals surface area contributed by atoms with E-state index in [0.29, 0.717) is 12.0 Å². The summed E-state index contributed by atoms with van der Waals surface area (Å²) in [6, 6.07) is 2.59. The largest absolute Gasteiger partial charge is 0.357 e. The third-order valence-corrected chi connectivity index (χ3v) is 6.15. The maximum Gasteiger partial charge on any atom is 0.194 e. The monoisotopic (exact) mass is 537 g/mol. The molecule has 0 amide bonds. The summed E-state index contributed by atoms with van der Waals surface area (Å²) in [5.74, 6) is 1.66. The van der Waals surface area contributed by atoms with Crippen molar-refractivity contribution in [2.24, 2.45) is 10.9 Å². The number of hydrogen-bond donors (Lipinski definition) is 1. The molecule has 2 atom stereocenters. The van der Waals surface area contributed by atoms with E-state index in [4.69, 9.17) is 4.99 Å². The topological polar surface area (TPSA) is 45.5 Å². The van der Waals surface area contributed by atoms with E-state index in [1.54, 1.807) is 11.3 Å². The van der Waals surface area contributed by atoms with E-state index in [1.165, 1.54) is 4.88 Å². The summed E-state index contributed by atoms with van der Waals surface area (Å²) < 4.78 is 3.37. The fourth-order valence-electron chi connectivity index (χ4n) is 3.11. The van der Waals surface area contributed by atoms with Crippen LogP contribution in [0.4, 0.5) is 0 Å². The molecule has 138 valence electrons. The Labute approximate surface area is 179 Å². The van der Waals surface area contributed by atoms with Crippen molar-refractivity contribution >= 4 is 57.2 Å². The molecule has 1 N–H and O–H groups in total. The van der Waals surface area contributed by atoms with Crippen LogP contribution in [0, 0.1) is 5.92 Å². The lowest BCUT2D eigenvalue weighted by atomic mass is 9.93. The summed E-state index contributed by atoms with van der Waals surface area (Å²) >= 11 is 5.25. The van der Waals surface area contributed by atoms with Crippen molar-refractivity contribution in [3.05, 3.63) is 39.5 Å². The van der Waals surface area contributed by atoms with Crippen molar-refractivity contribution < 1.29 is 0 Å². The van der Waals surface area contributed by atoms with Crippen LogP contribution < -0.4 is 5.32 Å². The molecule has 0 saturated carbocycles. The Hall–Kier alpha value is -0.610. The molecular weight excluding hydrogens is 513 g/mol. The zero-order valence-electron chi connectivity index (χ0n) is 14.6. The zero-order chi connectivity index (χ0) is 16.9. The fraction of sp³-hybridized carbons (Fsp3) is 0.529. The molecule has 3 heterocycles. The Morgan fingerprint density at radius 3 is 3.00 bits per heavy atom. The highest BCUT2D eigenvalue weighted by Crippen LogP contribution is 2.27. The van der Waals surface area contributed by atoms with E-state index in [-0.39, 0.29) is 24.0 Å². The van der Waals surface area contributed by atoms with Crippen molar-refractivity contribution in [1.29, 1.82) is 0 Å². The van der Waals surface area contributed by atoms with Gasteiger partial charge in [-0.15, -0.1) is 35.3 Å². The molecule has 1 saturated heterocycles. The molecular formula is C17H25BrIN5S. The van der Waals surface area contributed by atoms with Crippen molar-refractivity contribution in [2.75, 3.05) is 19.6 Å². The number of rotatable bonds is 4. The second-order valence-electron chi connectivity index (χ2n) is 6.19. The lowest BCUT2D eigenvalue weighted by molar-refractivity contribution is 0.189. The molecule has 2 aromatic rings. The van der Waals surface area contributed by atoms with Gasteiger partial charge in [-0.2, -0.15) is 0 Å². The molecule has 0 aromatic carbocycles. The maximum atomic E-state index is 4.86. The van der Waals surface area contributed by atoms with Crippen LogP contribution in [0.5, 0.6) is 0 Å². The molecule has 0 aliphatic carbocycles. The van der Waals surface area contributed by atoms with Gasteiger partial charge in [0.15, 0.2) is 5.96 Å². The average Bonchev–Trinajstić information content (AvgIpc) is 3.24. The van der Waals surface area contributed by atoms with Gasteiger partial charge in [0, 0.05) is 46.8 Å². The molecule has 1 fully saturated rings. The number of piperidine rings is 1. The van der Waals surface area contributed by atoms with E-state index in [1.807, 2.05) is 12.5 Å². The summed E-state index contributed by atoms with van der Waals surface area (Å²) in [5, 5.41) is 5.56.